The summed E-state index contributed by atoms with van der Waals surface area (Å²) in [5.41, 5.74) is 11.3. The van der Waals surface area contributed by atoms with Crippen LogP contribution in [-0.2, 0) is 11.3 Å². The van der Waals surface area contributed by atoms with Gasteiger partial charge in [0.25, 0.3) is 5.56 Å². The Kier molecular flexibility index (Phi) is 4.48. The number of methoxy groups -OCH3 is 1. The van der Waals surface area contributed by atoms with Crippen molar-refractivity contribution in [1.29, 1.82) is 0 Å². The maximum absolute atomic E-state index is 13.1. The molecular formula is C21H19N3O4S. The second-order valence-electron chi connectivity index (χ2n) is 7.13. The van der Waals surface area contributed by atoms with Gasteiger partial charge in [0.1, 0.15) is 4.64 Å². The third-order valence-electron chi connectivity index (χ3n) is 5.53. The highest BCUT2D eigenvalue weighted by Crippen LogP contribution is 2.34. The summed E-state index contributed by atoms with van der Waals surface area (Å²) in [6, 6.07) is 6.48. The van der Waals surface area contributed by atoms with E-state index in [0.717, 1.165) is 0 Å². The summed E-state index contributed by atoms with van der Waals surface area (Å²) in [7, 11) is 1.59. The fourth-order valence-corrected chi connectivity index (χ4v) is 4.23. The fraction of sp³-hybridized carbons (Fsp3) is 0.238. The van der Waals surface area contributed by atoms with Gasteiger partial charge < -0.3 is 16.2 Å². The summed E-state index contributed by atoms with van der Waals surface area (Å²) >= 11 is 5.49. The van der Waals surface area contributed by atoms with Crippen LogP contribution in [0.3, 0.4) is 0 Å². The average Bonchev–Trinajstić information content (AvgIpc) is 2.97. The zero-order chi connectivity index (χ0) is 21.0. The van der Waals surface area contributed by atoms with Gasteiger partial charge in [-0.05, 0) is 13.3 Å². The third-order valence-corrected chi connectivity index (χ3v) is 5.95. The van der Waals surface area contributed by atoms with Crippen LogP contribution in [0.4, 0.5) is 11.4 Å². The lowest BCUT2D eigenvalue weighted by Gasteiger charge is -2.08. The molecular weight excluding hydrogens is 390 g/mol. The number of nitrogen functional groups attached to an aromatic ring is 2. The Balaban J connectivity index is 2.20. The summed E-state index contributed by atoms with van der Waals surface area (Å²) in [6.45, 7) is 2.19. The minimum atomic E-state index is -0.424. The van der Waals surface area contributed by atoms with E-state index in [1.165, 1.54) is 4.57 Å². The molecule has 1 unspecified atom stereocenters. The average molecular weight is 409 g/mol. The first-order valence-corrected chi connectivity index (χ1v) is 9.52. The predicted molar refractivity (Wildman–Crippen MR) is 119 cm³/mol. The standard InChI is InChI=1S/C21H19N3O4S/c1-9(28-2)7-8-24-20(27)14-15(21(24)29)17(23)13-12(16(14)22)18(25)10-5-3-4-6-11(10)19(13)26/h3-6,9H,7-8,22-23H2,1-2H3. The molecule has 4 N–H and O–H groups in total. The quantitative estimate of drug-likeness (QED) is 0.230. The summed E-state index contributed by atoms with van der Waals surface area (Å²) in [5.74, 6) is 0. The van der Waals surface area contributed by atoms with E-state index in [9.17, 15) is 14.4 Å². The van der Waals surface area contributed by atoms with Crippen LogP contribution >= 0.6 is 12.2 Å². The molecule has 8 heteroatoms. The van der Waals surface area contributed by atoms with E-state index in [1.54, 1.807) is 31.4 Å². The Morgan fingerprint density at radius 3 is 2.00 bits per heavy atom. The van der Waals surface area contributed by atoms with Crippen molar-refractivity contribution in [1.82, 2.24) is 4.57 Å². The van der Waals surface area contributed by atoms with Gasteiger partial charge >= 0.3 is 0 Å². The van der Waals surface area contributed by atoms with Crippen molar-refractivity contribution >= 4 is 55.9 Å². The molecule has 4 rings (SSSR count). The first-order chi connectivity index (χ1) is 13.8. The van der Waals surface area contributed by atoms with Crippen molar-refractivity contribution in [2.75, 3.05) is 18.6 Å². The van der Waals surface area contributed by atoms with Crippen molar-refractivity contribution in [3.63, 3.8) is 0 Å². The van der Waals surface area contributed by atoms with Gasteiger partial charge in [0.05, 0.1) is 33.6 Å². The normalized spacial score (nSPS) is 12.9. The third kappa shape index (κ3) is 2.60. The van der Waals surface area contributed by atoms with E-state index in [2.05, 4.69) is 0 Å². The number of ether oxygens (including phenoxy) is 1. The molecule has 0 aliphatic rings. The molecule has 0 radical (unpaired) electrons. The first kappa shape index (κ1) is 19.2. The van der Waals surface area contributed by atoms with Crippen LogP contribution in [0.15, 0.2) is 38.6 Å². The van der Waals surface area contributed by atoms with Crippen LogP contribution in [0.5, 0.6) is 0 Å². The highest BCUT2D eigenvalue weighted by molar-refractivity contribution is 7.71. The van der Waals surface area contributed by atoms with Gasteiger partial charge in [0.2, 0.25) is 0 Å². The van der Waals surface area contributed by atoms with Crippen molar-refractivity contribution in [2.45, 2.75) is 26.0 Å². The lowest BCUT2D eigenvalue weighted by molar-refractivity contribution is 0.106. The Morgan fingerprint density at radius 2 is 1.48 bits per heavy atom. The summed E-state index contributed by atoms with van der Waals surface area (Å²) in [4.78, 5) is 39.3. The molecule has 1 aromatic heterocycles. The maximum Gasteiger partial charge on any atom is 0.261 e. The van der Waals surface area contributed by atoms with Crippen molar-refractivity contribution < 1.29 is 4.74 Å². The molecule has 3 aromatic carbocycles. The molecule has 0 bridgehead atoms. The smallest absolute Gasteiger partial charge is 0.261 e. The number of benzene rings is 3. The van der Waals surface area contributed by atoms with Crippen LogP contribution in [0, 0.1) is 4.64 Å². The number of rotatable bonds is 4. The minimum Gasteiger partial charge on any atom is -0.398 e. The van der Waals surface area contributed by atoms with E-state index in [4.69, 9.17) is 28.4 Å². The minimum absolute atomic E-state index is 0.0202. The molecule has 1 atom stereocenters. The lowest BCUT2D eigenvalue weighted by atomic mass is 9.97. The monoisotopic (exact) mass is 409 g/mol. The molecule has 0 amide bonds. The van der Waals surface area contributed by atoms with Crippen LogP contribution in [0.1, 0.15) is 13.3 Å². The molecule has 1 heterocycles. The number of anilines is 2. The van der Waals surface area contributed by atoms with Crippen LogP contribution < -0.4 is 27.9 Å². The van der Waals surface area contributed by atoms with Crippen molar-refractivity contribution in [3.05, 3.63) is 59.7 Å². The molecule has 148 valence electrons. The highest BCUT2D eigenvalue weighted by atomic mass is 32.1. The molecule has 0 fully saturated rings. The van der Waals surface area contributed by atoms with Gasteiger partial charge in [-0.25, -0.2) is 0 Å². The van der Waals surface area contributed by atoms with E-state index < -0.39 is 16.4 Å². The van der Waals surface area contributed by atoms with E-state index >= 15 is 0 Å². The number of hydrogen-bond donors (Lipinski definition) is 2. The van der Waals surface area contributed by atoms with Crippen LogP contribution in [0.25, 0.3) is 32.3 Å². The Morgan fingerprint density at radius 1 is 0.966 bits per heavy atom. The Bertz CT molecular complexity index is 1410. The summed E-state index contributed by atoms with van der Waals surface area (Å²) in [6.07, 6.45) is 0.481. The molecule has 7 nitrogen and oxygen atoms in total. The van der Waals surface area contributed by atoms with Gasteiger partial charge in [-0.2, -0.15) is 0 Å². The molecule has 0 saturated heterocycles. The number of hydrogen-bond acceptors (Lipinski definition) is 7. The first-order valence-electron chi connectivity index (χ1n) is 9.11. The topological polar surface area (TPSA) is 117 Å². The molecule has 29 heavy (non-hydrogen) atoms. The number of aromatic nitrogens is 1. The van der Waals surface area contributed by atoms with Crippen molar-refractivity contribution in [3.8, 4) is 0 Å². The zero-order valence-electron chi connectivity index (χ0n) is 15.9. The summed E-state index contributed by atoms with van der Waals surface area (Å²) < 4.78 is 6.84. The number of nitrogens with two attached hydrogens (primary N) is 2. The second-order valence-corrected chi connectivity index (χ2v) is 7.51. The van der Waals surface area contributed by atoms with Gasteiger partial charge in [-0.3, -0.25) is 19.0 Å². The lowest BCUT2D eigenvalue weighted by Crippen LogP contribution is -2.20. The molecule has 0 aliphatic carbocycles. The van der Waals surface area contributed by atoms with Gasteiger partial charge in [-0.1, -0.05) is 36.5 Å². The molecule has 0 saturated carbocycles. The predicted octanol–water partition coefficient (Wildman–Crippen LogP) is 2.22. The van der Waals surface area contributed by atoms with Gasteiger partial charge in [0.15, 0.2) is 10.9 Å². The largest absolute Gasteiger partial charge is 0.398 e. The van der Waals surface area contributed by atoms with Crippen LogP contribution in [-0.4, -0.2) is 17.8 Å². The second kappa shape index (κ2) is 6.75. The highest BCUT2D eigenvalue weighted by Gasteiger charge is 2.24. The Labute approximate surface area is 169 Å². The molecule has 0 aliphatic heterocycles. The maximum atomic E-state index is 13.1. The zero-order valence-corrected chi connectivity index (χ0v) is 16.8. The summed E-state index contributed by atoms with van der Waals surface area (Å²) in [5, 5.41) is 0.857. The van der Waals surface area contributed by atoms with E-state index in [-0.39, 0.29) is 54.4 Å². The van der Waals surface area contributed by atoms with Gasteiger partial charge in [-0.15, -0.1) is 0 Å². The Hall–Kier alpha value is -3.10. The van der Waals surface area contributed by atoms with Gasteiger partial charge in [0, 0.05) is 29.8 Å². The molecule has 4 aromatic rings. The number of fused-ring (bicyclic) bond motifs is 3. The molecule has 0 spiro atoms. The number of nitrogens with zero attached hydrogens (tertiary/aromatic N) is 1. The van der Waals surface area contributed by atoms with E-state index in [0.29, 0.717) is 13.0 Å². The SMILES string of the molecule is COC(C)CCn1c(=O)c2c(N)c3c(=O)c4ccccc4c(=O)c3c(N)c2c1=S. The van der Waals surface area contributed by atoms with Crippen LogP contribution in [0.2, 0.25) is 0 Å². The fourth-order valence-electron chi connectivity index (χ4n) is 3.85. The van der Waals surface area contributed by atoms with E-state index in [1.807, 2.05) is 6.92 Å². The van der Waals surface area contributed by atoms with Crippen molar-refractivity contribution in [2.24, 2.45) is 0 Å².